The molecule has 2 fully saturated rings. The van der Waals surface area contributed by atoms with Crippen molar-refractivity contribution in [2.24, 2.45) is 0 Å². The molecule has 0 spiro atoms. The van der Waals surface area contributed by atoms with E-state index in [1.807, 2.05) is 0 Å². The molecule has 1 saturated carbocycles. The van der Waals surface area contributed by atoms with Gasteiger partial charge in [0.2, 0.25) is 0 Å². The average Bonchev–Trinajstić information content (AvgIpc) is 2.95. The van der Waals surface area contributed by atoms with Crippen LogP contribution in [0.4, 0.5) is 0 Å². The molecule has 5 heteroatoms. The Morgan fingerprint density at radius 2 is 1.82 bits per heavy atom. The van der Waals surface area contributed by atoms with Crippen molar-refractivity contribution in [2.45, 2.75) is 57.2 Å². The number of rotatable bonds is 6. The molecule has 0 radical (unpaired) electrons. The van der Waals surface area contributed by atoms with Gasteiger partial charge in [-0.25, -0.2) is 9.59 Å². The fourth-order valence-corrected chi connectivity index (χ4v) is 2.45. The summed E-state index contributed by atoms with van der Waals surface area (Å²) in [5, 5.41) is 0. The van der Waals surface area contributed by atoms with E-state index < -0.39 is 0 Å². The molecule has 5 nitrogen and oxygen atoms in total. The molecule has 2 rings (SSSR count). The summed E-state index contributed by atoms with van der Waals surface area (Å²) in [5.74, 6) is -0.658. The molecule has 2 aliphatic rings. The molecule has 1 aliphatic heterocycles. The Bertz CT molecular complexity index is 392. The maximum Gasteiger partial charge on any atom is 0.330 e. The third kappa shape index (κ3) is 6.02. The third-order valence-electron chi connectivity index (χ3n) is 4.01. The van der Waals surface area contributed by atoms with Crippen molar-refractivity contribution in [3.8, 4) is 0 Å². The van der Waals surface area contributed by atoms with E-state index in [0.29, 0.717) is 6.61 Å². The number of ether oxygens (including phenoxy) is 3. The molecular formula is C17H26O5. The predicted molar refractivity (Wildman–Crippen MR) is 83.3 cm³/mol. The van der Waals surface area contributed by atoms with Crippen molar-refractivity contribution >= 4 is 11.9 Å². The van der Waals surface area contributed by atoms with Gasteiger partial charge in [0, 0.05) is 25.2 Å². The molecule has 1 aliphatic carbocycles. The van der Waals surface area contributed by atoms with Gasteiger partial charge in [0.25, 0.3) is 0 Å². The van der Waals surface area contributed by atoms with E-state index >= 15 is 0 Å². The first-order chi connectivity index (χ1) is 10.5. The molecule has 0 N–H and O–H groups in total. The van der Waals surface area contributed by atoms with Crippen LogP contribution in [0.15, 0.2) is 25.3 Å². The van der Waals surface area contributed by atoms with Crippen molar-refractivity contribution in [1.82, 2.24) is 0 Å². The molecule has 1 atom stereocenters. The second-order valence-electron chi connectivity index (χ2n) is 5.48. The molecule has 1 saturated heterocycles. The Morgan fingerprint density at radius 1 is 1.23 bits per heavy atom. The molecule has 22 heavy (non-hydrogen) atoms. The van der Waals surface area contributed by atoms with Crippen molar-refractivity contribution in [1.29, 1.82) is 0 Å². The van der Waals surface area contributed by atoms with Crippen LogP contribution in [0.3, 0.4) is 0 Å². The summed E-state index contributed by atoms with van der Waals surface area (Å²) in [7, 11) is 0. The number of hydrogen-bond donors (Lipinski definition) is 0. The number of carbonyl (C=O) groups excluding carboxylic acids is 2. The summed E-state index contributed by atoms with van der Waals surface area (Å²) in [5.41, 5.74) is -0.161. The largest absolute Gasteiger partial charge is 0.460 e. The molecule has 1 heterocycles. The lowest BCUT2D eigenvalue weighted by molar-refractivity contribution is -0.153. The standard InChI is InChI=1S/C10H16O2.C7H10O3/c1-3-9(11)12-10(4-2)7-5-6-8-10;1-2-7(8)10-5-6-3-4-9-6/h3H,1,4-8H2,2H3;2,6H,1,3-5H2. The summed E-state index contributed by atoms with van der Waals surface area (Å²) >= 11 is 0. The lowest BCUT2D eigenvalue weighted by atomic mass is 9.99. The van der Waals surface area contributed by atoms with E-state index in [9.17, 15) is 9.59 Å². The van der Waals surface area contributed by atoms with Crippen molar-refractivity contribution < 1.29 is 23.8 Å². The zero-order valence-electron chi connectivity index (χ0n) is 13.3. The van der Waals surface area contributed by atoms with Crippen LogP contribution in [0.1, 0.15) is 45.4 Å². The predicted octanol–water partition coefficient (Wildman–Crippen LogP) is 2.94. The second kappa shape index (κ2) is 9.41. The maximum atomic E-state index is 11.0. The van der Waals surface area contributed by atoms with E-state index in [4.69, 9.17) is 14.2 Å². The first kappa shape index (κ1) is 18.4. The van der Waals surface area contributed by atoms with E-state index in [0.717, 1.165) is 38.4 Å². The Labute approximate surface area is 132 Å². The van der Waals surface area contributed by atoms with Crippen LogP contribution in [0.5, 0.6) is 0 Å². The van der Waals surface area contributed by atoms with E-state index in [-0.39, 0.29) is 23.6 Å². The fraction of sp³-hybridized carbons (Fsp3) is 0.647. The number of esters is 2. The smallest absolute Gasteiger partial charge is 0.330 e. The highest BCUT2D eigenvalue weighted by Gasteiger charge is 2.35. The van der Waals surface area contributed by atoms with Crippen molar-refractivity contribution in [3.05, 3.63) is 25.3 Å². The van der Waals surface area contributed by atoms with Gasteiger partial charge >= 0.3 is 11.9 Å². The average molecular weight is 310 g/mol. The van der Waals surface area contributed by atoms with Crippen LogP contribution in [0.25, 0.3) is 0 Å². The minimum atomic E-state index is -0.379. The van der Waals surface area contributed by atoms with Crippen LogP contribution in [0, 0.1) is 0 Å². The van der Waals surface area contributed by atoms with Gasteiger partial charge in [-0.05, 0) is 32.1 Å². The van der Waals surface area contributed by atoms with Crippen LogP contribution in [0.2, 0.25) is 0 Å². The second-order valence-corrected chi connectivity index (χ2v) is 5.48. The highest BCUT2D eigenvalue weighted by Crippen LogP contribution is 2.35. The molecule has 0 bridgehead atoms. The molecule has 0 amide bonds. The van der Waals surface area contributed by atoms with Crippen LogP contribution in [-0.4, -0.2) is 36.9 Å². The fourth-order valence-electron chi connectivity index (χ4n) is 2.45. The van der Waals surface area contributed by atoms with Gasteiger partial charge in [-0.3, -0.25) is 0 Å². The van der Waals surface area contributed by atoms with Gasteiger partial charge in [0.15, 0.2) is 0 Å². The molecule has 0 aromatic carbocycles. The van der Waals surface area contributed by atoms with Gasteiger partial charge in [-0.15, -0.1) is 0 Å². The first-order valence-corrected chi connectivity index (χ1v) is 7.81. The van der Waals surface area contributed by atoms with Gasteiger partial charge in [-0.2, -0.15) is 0 Å². The zero-order valence-corrected chi connectivity index (χ0v) is 13.3. The van der Waals surface area contributed by atoms with Crippen LogP contribution < -0.4 is 0 Å². The van der Waals surface area contributed by atoms with Crippen molar-refractivity contribution in [3.63, 3.8) is 0 Å². The number of carbonyl (C=O) groups is 2. The summed E-state index contributed by atoms with van der Waals surface area (Å²) < 4.78 is 15.1. The Morgan fingerprint density at radius 3 is 2.23 bits per heavy atom. The lowest BCUT2D eigenvalue weighted by Gasteiger charge is -2.26. The Kier molecular flexibility index (Phi) is 7.88. The van der Waals surface area contributed by atoms with E-state index in [2.05, 4.69) is 20.1 Å². The highest BCUT2D eigenvalue weighted by molar-refractivity contribution is 5.81. The summed E-state index contributed by atoms with van der Waals surface area (Å²) in [4.78, 5) is 21.5. The highest BCUT2D eigenvalue weighted by atomic mass is 16.6. The Hall–Kier alpha value is -1.62. The van der Waals surface area contributed by atoms with Gasteiger partial charge in [0.05, 0.1) is 6.10 Å². The minimum absolute atomic E-state index is 0.129. The van der Waals surface area contributed by atoms with Gasteiger partial charge < -0.3 is 14.2 Å². The molecule has 1 unspecified atom stereocenters. The monoisotopic (exact) mass is 310 g/mol. The van der Waals surface area contributed by atoms with E-state index in [1.165, 1.54) is 18.9 Å². The summed E-state index contributed by atoms with van der Waals surface area (Å²) in [6.07, 6.45) is 8.83. The van der Waals surface area contributed by atoms with Gasteiger partial charge in [0.1, 0.15) is 12.2 Å². The zero-order chi connectivity index (χ0) is 16.4. The lowest BCUT2D eigenvalue weighted by Crippen LogP contribution is -2.32. The van der Waals surface area contributed by atoms with Gasteiger partial charge in [-0.1, -0.05) is 20.1 Å². The molecular weight excluding hydrogens is 284 g/mol. The molecule has 0 aromatic rings. The SMILES string of the molecule is C=CC(=O)OC1(CC)CCCC1.C=CC(=O)OCC1CCO1. The van der Waals surface area contributed by atoms with Crippen LogP contribution >= 0.6 is 0 Å². The topological polar surface area (TPSA) is 61.8 Å². The quantitative estimate of drug-likeness (QED) is 0.557. The Balaban J connectivity index is 0.000000224. The maximum absolute atomic E-state index is 11.0. The van der Waals surface area contributed by atoms with E-state index in [1.54, 1.807) is 0 Å². The number of hydrogen-bond acceptors (Lipinski definition) is 5. The first-order valence-electron chi connectivity index (χ1n) is 7.81. The minimum Gasteiger partial charge on any atom is -0.460 e. The normalized spacial score (nSPS) is 21.6. The molecule has 124 valence electrons. The van der Waals surface area contributed by atoms with Crippen LogP contribution in [-0.2, 0) is 23.8 Å². The summed E-state index contributed by atoms with van der Waals surface area (Å²) in [6, 6.07) is 0. The van der Waals surface area contributed by atoms with Crippen molar-refractivity contribution in [2.75, 3.05) is 13.2 Å². The molecule has 0 aromatic heterocycles. The third-order valence-corrected chi connectivity index (χ3v) is 4.01. The summed E-state index contributed by atoms with van der Waals surface area (Å²) in [6.45, 7) is 9.89.